The zero-order chi connectivity index (χ0) is 13.5. The SMILES string of the molecule is CCOC(=O)CCC(=O)Cc1c(Br)cnn1CC. The zero-order valence-electron chi connectivity index (χ0n) is 10.6. The van der Waals surface area contributed by atoms with Gasteiger partial charge in [0.1, 0.15) is 5.78 Å². The molecule has 0 atom stereocenters. The first-order valence-corrected chi connectivity index (χ1v) is 6.75. The van der Waals surface area contributed by atoms with E-state index in [1.165, 1.54) is 0 Å². The number of carbonyl (C=O) groups is 2. The molecule has 0 saturated heterocycles. The number of esters is 1. The van der Waals surface area contributed by atoms with Crippen molar-refractivity contribution in [3.05, 3.63) is 16.4 Å². The summed E-state index contributed by atoms with van der Waals surface area (Å²) in [5.74, 6) is -0.312. The van der Waals surface area contributed by atoms with Crippen molar-refractivity contribution in [2.75, 3.05) is 6.61 Å². The lowest BCUT2D eigenvalue weighted by Crippen LogP contribution is -2.12. The number of ether oxygens (including phenoxy) is 1. The summed E-state index contributed by atoms with van der Waals surface area (Å²) in [7, 11) is 0. The van der Waals surface area contributed by atoms with Crippen molar-refractivity contribution >= 4 is 27.7 Å². The predicted molar refractivity (Wildman–Crippen MR) is 70.2 cm³/mol. The van der Waals surface area contributed by atoms with Gasteiger partial charge in [-0.2, -0.15) is 5.10 Å². The van der Waals surface area contributed by atoms with Gasteiger partial charge in [-0.05, 0) is 29.8 Å². The number of Topliss-reactive ketones (excluding diaryl/α,β-unsaturated/α-hetero) is 1. The van der Waals surface area contributed by atoms with E-state index in [1.807, 2.05) is 6.92 Å². The van der Waals surface area contributed by atoms with E-state index in [1.54, 1.807) is 17.8 Å². The molecule has 18 heavy (non-hydrogen) atoms. The molecular weight excluding hydrogens is 300 g/mol. The molecule has 0 amide bonds. The minimum absolute atomic E-state index is 0.0129. The van der Waals surface area contributed by atoms with E-state index in [0.717, 1.165) is 10.2 Å². The smallest absolute Gasteiger partial charge is 0.306 e. The lowest BCUT2D eigenvalue weighted by atomic mass is 10.1. The largest absolute Gasteiger partial charge is 0.466 e. The number of halogens is 1. The van der Waals surface area contributed by atoms with Crippen LogP contribution in [-0.4, -0.2) is 28.1 Å². The van der Waals surface area contributed by atoms with Crippen molar-refractivity contribution in [2.45, 2.75) is 39.7 Å². The number of aromatic nitrogens is 2. The quantitative estimate of drug-likeness (QED) is 0.723. The van der Waals surface area contributed by atoms with Gasteiger partial charge in [0.05, 0.1) is 29.4 Å². The van der Waals surface area contributed by atoms with Gasteiger partial charge < -0.3 is 4.74 Å². The topological polar surface area (TPSA) is 61.2 Å². The lowest BCUT2D eigenvalue weighted by Gasteiger charge is -2.05. The zero-order valence-corrected chi connectivity index (χ0v) is 12.2. The Balaban J connectivity index is 2.49. The van der Waals surface area contributed by atoms with Crippen molar-refractivity contribution in [1.82, 2.24) is 9.78 Å². The highest BCUT2D eigenvalue weighted by Crippen LogP contribution is 2.17. The standard InChI is InChI=1S/C12H17BrN2O3/c1-3-15-11(10(13)8-14-15)7-9(16)5-6-12(17)18-4-2/h8H,3-7H2,1-2H3. The van der Waals surface area contributed by atoms with E-state index in [4.69, 9.17) is 4.74 Å². The molecule has 0 aliphatic carbocycles. The first-order chi connectivity index (χ1) is 8.58. The van der Waals surface area contributed by atoms with E-state index < -0.39 is 0 Å². The Hall–Kier alpha value is -1.17. The Morgan fingerprint density at radius 1 is 1.39 bits per heavy atom. The number of rotatable bonds is 7. The minimum Gasteiger partial charge on any atom is -0.466 e. The summed E-state index contributed by atoms with van der Waals surface area (Å²) in [5, 5.41) is 4.14. The third-order valence-electron chi connectivity index (χ3n) is 2.48. The van der Waals surface area contributed by atoms with Crippen molar-refractivity contribution in [3.8, 4) is 0 Å². The minimum atomic E-state index is -0.325. The average Bonchev–Trinajstić information content (AvgIpc) is 2.68. The summed E-state index contributed by atoms with van der Waals surface area (Å²) in [6.45, 7) is 4.77. The first kappa shape index (κ1) is 14.9. The summed E-state index contributed by atoms with van der Waals surface area (Å²) < 4.78 is 7.38. The van der Waals surface area contributed by atoms with Gasteiger partial charge in [0.2, 0.25) is 0 Å². The number of nitrogens with zero attached hydrogens (tertiary/aromatic N) is 2. The molecule has 0 radical (unpaired) electrons. The molecule has 1 heterocycles. The fourth-order valence-electron chi connectivity index (χ4n) is 1.59. The summed E-state index contributed by atoms with van der Waals surface area (Å²) >= 11 is 3.36. The maximum atomic E-state index is 11.8. The molecule has 6 heteroatoms. The highest BCUT2D eigenvalue weighted by atomic mass is 79.9. The number of hydrogen-bond donors (Lipinski definition) is 0. The second-order valence-electron chi connectivity index (χ2n) is 3.78. The summed E-state index contributed by atoms with van der Waals surface area (Å²) in [6, 6.07) is 0. The van der Waals surface area contributed by atoms with E-state index in [9.17, 15) is 9.59 Å². The van der Waals surface area contributed by atoms with E-state index in [2.05, 4.69) is 21.0 Å². The average molecular weight is 317 g/mol. The fraction of sp³-hybridized carbons (Fsp3) is 0.583. The molecule has 0 aliphatic rings. The van der Waals surface area contributed by atoms with Gasteiger partial charge in [-0.1, -0.05) is 0 Å². The van der Waals surface area contributed by atoms with Crippen LogP contribution in [0.2, 0.25) is 0 Å². The first-order valence-electron chi connectivity index (χ1n) is 5.96. The van der Waals surface area contributed by atoms with E-state index in [-0.39, 0.29) is 31.0 Å². The van der Waals surface area contributed by atoms with Crippen molar-refractivity contribution in [2.24, 2.45) is 0 Å². The predicted octanol–water partition coefficient (Wildman–Crippen LogP) is 2.12. The van der Waals surface area contributed by atoms with Gasteiger partial charge in [-0.25, -0.2) is 0 Å². The molecule has 0 spiro atoms. The van der Waals surface area contributed by atoms with Crippen LogP contribution in [-0.2, 0) is 27.3 Å². The molecule has 5 nitrogen and oxygen atoms in total. The summed E-state index contributed by atoms with van der Waals surface area (Å²) in [5.41, 5.74) is 0.853. The molecule has 0 fully saturated rings. The van der Waals surface area contributed by atoms with Crippen molar-refractivity contribution in [3.63, 3.8) is 0 Å². The molecule has 0 unspecified atom stereocenters. The Bertz CT molecular complexity index is 429. The Labute approximate surface area is 115 Å². The van der Waals surface area contributed by atoms with Gasteiger partial charge >= 0.3 is 5.97 Å². The molecule has 100 valence electrons. The molecular formula is C12H17BrN2O3. The van der Waals surface area contributed by atoms with Crippen LogP contribution in [0.3, 0.4) is 0 Å². The molecule has 0 N–H and O–H groups in total. The Morgan fingerprint density at radius 3 is 2.72 bits per heavy atom. The van der Waals surface area contributed by atoms with Crippen molar-refractivity contribution in [1.29, 1.82) is 0 Å². The van der Waals surface area contributed by atoms with Gasteiger partial charge in [-0.15, -0.1) is 0 Å². The molecule has 1 aromatic rings. The highest BCUT2D eigenvalue weighted by Gasteiger charge is 2.14. The molecule has 1 rings (SSSR count). The van der Waals surface area contributed by atoms with E-state index in [0.29, 0.717) is 13.2 Å². The Morgan fingerprint density at radius 2 is 2.11 bits per heavy atom. The van der Waals surface area contributed by atoms with Crippen LogP contribution >= 0.6 is 15.9 Å². The Kier molecular flexibility index (Phi) is 6.04. The van der Waals surface area contributed by atoms with Crippen LogP contribution in [0.15, 0.2) is 10.7 Å². The summed E-state index contributed by atoms with van der Waals surface area (Å²) in [6.07, 6.45) is 2.32. The van der Waals surface area contributed by atoms with Gasteiger partial charge in [-0.3, -0.25) is 14.3 Å². The molecule has 0 saturated carbocycles. The molecule has 0 bridgehead atoms. The molecule has 1 aromatic heterocycles. The highest BCUT2D eigenvalue weighted by molar-refractivity contribution is 9.10. The number of ketones is 1. The van der Waals surface area contributed by atoms with Crippen LogP contribution < -0.4 is 0 Å². The maximum Gasteiger partial charge on any atom is 0.306 e. The fourth-order valence-corrected chi connectivity index (χ4v) is 2.02. The number of carbonyl (C=O) groups excluding carboxylic acids is 2. The molecule has 0 aliphatic heterocycles. The number of hydrogen-bond acceptors (Lipinski definition) is 4. The third kappa shape index (κ3) is 4.25. The lowest BCUT2D eigenvalue weighted by molar-refractivity contribution is -0.144. The van der Waals surface area contributed by atoms with Crippen LogP contribution in [0.4, 0.5) is 0 Å². The van der Waals surface area contributed by atoms with Crippen LogP contribution in [0.1, 0.15) is 32.4 Å². The number of aryl methyl sites for hydroxylation is 1. The van der Waals surface area contributed by atoms with Gasteiger partial charge in [0.25, 0.3) is 0 Å². The van der Waals surface area contributed by atoms with Crippen molar-refractivity contribution < 1.29 is 14.3 Å². The van der Waals surface area contributed by atoms with E-state index >= 15 is 0 Å². The van der Waals surface area contributed by atoms with Crippen LogP contribution in [0.25, 0.3) is 0 Å². The second kappa shape index (κ2) is 7.31. The molecule has 0 aromatic carbocycles. The monoisotopic (exact) mass is 316 g/mol. The van der Waals surface area contributed by atoms with Gasteiger partial charge in [0.15, 0.2) is 0 Å². The summed E-state index contributed by atoms with van der Waals surface area (Å²) in [4.78, 5) is 22.9. The third-order valence-corrected chi connectivity index (χ3v) is 3.14. The van der Waals surface area contributed by atoms with Crippen LogP contribution in [0.5, 0.6) is 0 Å². The second-order valence-corrected chi connectivity index (χ2v) is 4.63. The van der Waals surface area contributed by atoms with Gasteiger partial charge in [0, 0.05) is 19.4 Å². The normalized spacial score (nSPS) is 10.4. The van der Waals surface area contributed by atoms with Crippen LogP contribution in [0, 0.1) is 0 Å². The maximum absolute atomic E-state index is 11.8.